The Morgan fingerprint density at radius 2 is 2.05 bits per heavy atom. The molecule has 0 unspecified atom stereocenters. The quantitative estimate of drug-likeness (QED) is 0.429. The minimum Gasteiger partial charge on any atom is -0.299 e. The first-order chi connectivity index (χ1) is 10.5. The van der Waals surface area contributed by atoms with Crippen molar-refractivity contribution >= 4 is 17.5 Å². The smallest absolute Gasteiger partial charge is 0.299 e. The molecule has 0 N–H and O–H groups in total. The van der Waals surface area contributed by atoms with Gasteiger partial charge in [-0.15, -0.1) is 15.2 Å². The van der Waals surface area contributed by atoms with E-state index in [0.29, 0.717) is 28.7 Å². The van der Waals surface area contributed by atoms with E-state index < -0.39 is 5.09 Å². The molecule has 2 aromatic rings. The molecular formula is C12H18N6O3S. The average Bonchev–Trinajstić information content (AvgIpc) is 2.89. The Labute approximate surface area is 131 Å². The third kappa shape index (κ3) is 3.28. The Morgan fingerprint density at radius 1 is 1.36 bits per heavy atom. The van der Waals surface area contributed by atoms with Gasteiger partial charge in [-0.05, 0) is 26.3 Å². The number of hydrogen-bond acceptors (Lipinski definition) is 8. The highest BCUT2D eigenvalue weighted by atomic mass is 32.2. The van der Waals surface area contributed by atoms with E-state index in [4.69, 9.17) is 4.84 Å². The van der Waals surface area contributed by atoms with Gasteiger partial charge in [0, 0.05) is 17.8 Å². The number of hydrogen-bond donors (Lipinski definition) is 0. The third-order valence-corrected chi connectivity index (χ3v) is 3.88. The first-order valence-electron chi connectivity index (χ1n) is 6.85. The third-order valence-electron chi connectivity index (χ3n) is 3.35. The molecule has 0 saturated heterocycles. The molecule has 0 saturated carbocycles. The van der Waals surface area contributed by atoms with E-state index in [1.165, 1.54) is 16.3 Å². The molecule has 0 amide bonds. The molecule has 0 bridgehead atoms. The fourth-order valence-electron chi connectivity index (χ4n) is 2.10. The van der Waals surface area contributed by atoms with Crippen molar-refractivity contribution in [2.45, 2.75) is 32.5 Å². The minimum absolute atomic E-state index is 0.0622. The zero-order chi connectivity index (χ0) is 16.3. The molecule has 0 aromatic carbocycles. The van der Waals surface area contributed by atoms with Crippen LogP contribution in [0.4, 0.5) is 0 Å². The number of aromatic nitrogens is 4. The van der Waals surface area contributed by atoms with Crippen molar-refractivity contribution in [3.63, 3.8) is 0 Å². The predicted octanol–water partition coefficient (Wildman–Crippen LogP) is 1.57. The molecule has 22 heavy (non-hydrogen) atoms. The predicted molar refractivity (Wildman–Crippen MR) is 81.5 cm³/mol. The summed E-state index contributed by atoms with van der Waals surface area (Å²) >= 11 is 1.34. The first-order valence-corrected chi connectivity index (χ1v) is 8.07. The minimum atomic E-state index is -0.833. The number of aryl methyl sites for hydroxylation is 1. The van der Waals surface area contributed by atoms with Gasteiger partial charge in [-0.1, -0.05) is 25.6 Å². The lowest BCUT2D eigenvalue weighted by molar-refractivity contribution is -0.712. The maximum Gasteiger partial charge on any atom is 0.301 e. The summed E-state index contributed by atoms with van der Waals surface area (Å²) < 4.78 is 1.29. The van der Waals surface area contributed by atoms with Crippen LogP contribution in [-0.4, -0.2) is 48.9 Å². The zero-order valence-corrected chi connectivity index (χ0v) is 13.8. The standard InChI is InChI=1S/C12H18N6O3S/c1-5-16(6-2)7-9-8(3)13-11-14-12(22-4)15-17(11)10(9)21-18(19)20/h5-7H2,1-4H3. The lowest BCUT2D eigenvalue weighted by Gasteiger charge is -2.20. The van der Waals surface area contributed by atoms with Crippen molar-refractivity contribution < 1.29 is 9.92 Å². The van der Waals surface area contributed by atoms with E-state index in [0.717, 1.165) is 13.1 Å². The maximum atomic E-state index is 10.9. The van der Waals surface area contributed by atoms with Gasteiger partial charge in [0.05, 0.1) is 0 Å². The van der Waals surface area contributed by atoms with E-state index in [2.05, 4.69) is 20.0 Å². The molecular weight excluding hydrogens is 308 g/mol. The van der Waals surface area contributed by atoms with Gasteiger partial charge in [0.1, 0.15) is 0 Å². The molecule has 0 aliphatic heterocycles. The van der Waals surface area contributed by atoms with Crippen LogP contribution in [0.5, 0.6) is 5.88 Å². The van der Waals surface area contributed by atoms with Crippen LogP contribution in [0.3, 0.4) is 0 Å². The Kier molecular flexibility index (Phi) is 5.14. The number of fused-ring (bicyclic) bond motifs is 1. The van der Waals surface area contributed by atoms with Gasteiger partial charge in [-0.3, -0.25) is 9.74 Å². The summed E-state index contributed by atoms with van der Waals surface area (Å²) in [5.41, 5.74) is 1.29. The first kappa shape index (κ1) is 16.4. The second-order valence-electron chi connectivity index (χ2n) is 4.57. The van der Waals surface area contributed by atoms with Gasteiger partial charge >= 0.3 is 5.09 Å². The van der Waals surface area contributed by atoms with E-state index >= 15 is 0 Å². The van der Waals surface area contributed by atoms with Crippen molar-refractivity contribution in [1.82, 2.24) is 24.5 Å². The van der Waals surface area contributed by atoms with Crippen molar-refractivity contribution in [1.29, 1.82) is 0 Å². The summed E-state index contributed by atoms with van der Waals surface area (Å²) in [5.74, 6) is 0.356. The topological polar surface area (TPSA) is 98.7 Å². The van der Waals surface area contributed by atoms with Crippen LogP contribution in [0.15, 0.2) is 5.16 Å². The molecule has 2 rings (SSSR count). The molecule has 10 heteroatoms. The molecule has 0 spiro atoms. The van der Waals surface area contributed by atoms with Gasteiger partial charge in [0.25, 0.3) is 5.78 Å². The van der Waals surface area contributed by atoms with Crippen LogP contribution < -0.4 is 4.84 Å². The fraction of sp³-hybridized carbons (Fsp3) is 0.583. The largest absolute Gasteiger partial charge is 0.301 e. The van der Waals surface area contributed by atoms with Crippen molar-refractivity contribution in [3.8, 4) is 5.88 Å². The number of thioether (sulfide) groups is 1. The second-order valence-corrected chi connectivity index (χ2v) is 5.34. The van der Waals surface area contributed by atoms with Gasteiger partial charge in [-0.25, -0.2) is 4.98 Å². The highest BCUT2D eigenvalue weighted by molar-refractivity contribution is 7.98. The SMILES string of the molecule is CCN(CC)Cc1c(C)nc2nc(SC)nn2c1O[N+](=O)[O-]. The van der Waals surface area contributed by atoms with E-state index in [1.54, 1.807) is 6.92 Å². The second kappa shape index (κ2) is 6.88. The fourth-order valence-corrected chi connectivity index (χ4v) is 2.43. The molecule has 0 atom stereocenters. The number of rotatable bonds is 7. The molecule has 2 heterocycles. The Balaban J connectivity index is 2.60. The van der Waals surface area contributed by atoms with E-state index in [-0.39, 0.29) is 5.88 Å². The van der Waals surface area contributed by atoms with E-state index in [9.17, 15) is 10.1 Å². The van der Waals surface area contributed by atoms with Crippen molar-refractivity contribution in [3.05, 3.63) is 21.4 Å². The molecule has 0 aliphatic carbocycles. The summed E-state index contributed by atoms with van der Waals surface area (Å²) in [6.07, 6.45) is 1.83. The van der Waals surface area contributed by atoms with Gasteiger partial charge in [0.15, 0.2) is 0 Å². The van der Waals surface area contributed by atoms with Crippen LogP contribution in [0, 0.1) is 17.0 Å². The zero-order valence-electron chi connectivity index (χ0n) is 12.9. The highest BCUT2D eigenvalue weighted by Crippen LogP contribution is 2.25. The summed E-state index contributed by atoms with van der Waals surface area (Å²) in [7, 11) is 0. The molecule has 120 valence electrons. The van der Waals surface area contributed by atoms with Gasteiger partial charge < -0.3 is 0 Å². The van der Waals surface area contributed by atoms with Crippen molar-refractivity contribution in [2.75, 3.05) is 19.3 Å². The lowest BCUT2D eigenvalue weighted by atomic mass is 10.2. The van der Waals surface area contributed by atoms with Crippen LogP contribution in [-0.2, 0) is 6.54 Å². The molecule has 0 radical (unpaired) electrons. The Morgan fingerprint density at radius 3 is 2.59 bits per heavy atom. The summed E-state index contributed by atoms with van der Waals surface area (Å²) in [5, 5.41) is 14.7. The summed E-state index contributed by atoms with van der Waals surface area (Å²) in [4.78, 5) is 26.4. The van der Waals surface area contributed by atoms with Crippen molar-refractivity contribution in [2.24, 2.45) is 0 Å². The van der Waals surface area contributed by atoms with Gasteiger partial charge in [0.2, 0.25) is 11.0 Å². The monoisotopic (exact) mass is 326 g/mol. The normalized spacial score (nSPS) is 11.3. The molecule has 9 nitrogen and oxygen atoms in total. The highest BCUT2D eigenvalue weighted by Gasteiger charge is 2.20. The molecule has 2 aromatic heterocycles. The van der Waals surface area contributed by atoms with Gasteiger partial charge in [-0.2, -0.15) is 9.50 Å². The van der Waals surface area contributed by atoms with Crippen LogP contribution in [0.1, 0.15) is 25.1 Å². The van der Waals surface area contributed by atoms with E-state index in [1.807, 2.05) is 20.1 Å². The summed E-state index contributed by atoms with van der Waals surface area (Å²) in [6.45, 7) is 7.98. The lowest BCUT2D eigenvalue weighted by Crippen LogP contribution is -2.24. The number of nitrogens with zero attached hydrogens (tertiary/aromatic N) is 6. The molecule has 0 aliphatic rings. The summed E-state index contributed by atoms with van der Waals surface area (Å²) in [6, 6.07) is 0. The maximum absolute atomic E-state index is 10.9. The Hall–Kier alpha value is -1.94. The van der Waals surface area contributed by atoms with Crippen LogP contribution in [0.25, 0.3) is 5.78 Å². The molecule has 0 fully saturated rings. The van der Waals surface area contributed by atoms with Crippen LogP contribution in [0.2, 0.25) is 0 Å². The average molecular weight is 326 g/mol. The van der Waals surface area contributed by atoms with Crippen LogP contribution >= 0.6 is 11.8 Å². The Bertz CT molecular complexity index is 685.